The Labute approximate surface area is 161 Å². The fourth-order valence-corrected chi connectivity index (χ4v) is 3.42. The molecule has 8 heteroatoms. The normalized spacial score (nSPS) is 19.9. The first-order valence-electron chi connectivity index (χ1n) is 8.77. The Morgan fingerprint density at radius 2 is 2.15 bits per heavy atom. The zero-order valence-corrected chi connectivity index (χ0v) is 15.9. The number of rotatable bonds is 6. The molecule has 2 heterocycles. The van der Waals surface area contributed by atoms with Crippen LogP contribution in [0.4, 0.5) is 10.1 Å². The van der Waals surface area contributed by atoms with Crippen molar-refractivity contribution in [1.82, 2.24) is 9.78 Å². The van der Waals surface area contributed by atoms with Crippen LogP contribution >= 0.6 is 11.6 Å². The van der Waals surface area contributed by atoms with Crippen molar-refractivity contribution in [3.05, 3.63) is 47.0 Å². The number of hydrogen-bond acceptors (Lipinski definition) is 4. The molecule has 27 heavy (non-hydrogen) atoms. The van der Waals surface area contributed by atoms with E-state index in [2.05, 4.69) is 5.10 Å². The maximum absolute atomic E-state index is 13.4. The van der Waals surface area contributed by atoms with E-state index < -0.39 is 23.1 Å². The molecule has 0 aliphatic carbocycles. The van der Waals surface area contributed by atoms with Crippen LogP contribution in [0.15, 0.2) is 30.6 Å². The van der Waals surface area contributed by atoms with Crippen LogP contribution in [0.3, 0.4) is 0 Å². The molecule has 1 fully saturated rings. The molecule has 1 aromatic carbocycles. The molecule has 6 nitrogen and oxygen atoms in total. The summed E-state index contributed by atoms with van der Waals surface area (Å²) in [6.07, 6.45) is 3.39. The number of halogens is 2. The topological polar surface area (TPSA) is 75.4 Å². The molecule has 0 bridgehead atoms. The Kier molecular flexibility index (Phi) is 5.35. The second-order valence-electron chi connectivity index (χ2n) is 7.04. The fourth-order valence-electron chi connectivity index (χ4n) is 3.18. The van der Waals surface area contributed by atoms with Crippen molar-refractivity contribution in [1.29, 1.82) is 0 Å². The summed E-state index contributed by atoms with van der Waals surface area (Å²) in [6.45, 7) is 4.15. The number of carbonyl (C=O) groups excluding carboxylic acids is 2. The van der Waals surface area contributed by atoms with Gasteiger partial charge in [0.05, 0.1) is 11.9 Å². The summed E-state index contributed by atoms with van der Waals surface area (Å²) in [5.74, 6) is -1.71. The van der Waals surface area contributed by atoms with E-state index in [1.54, 1.807) is 23.1 Å². The quantitative estimate of drug-likeness (QED) is 0.765. The SMILES string of the molecule is CC(C)n1cc(N2CC[C@@](O)(C(=O)CCc3cc(F)cc(Cl)c3)C2=O)cn1. The highest BCUT2D eigenvalue weighted by Gasteiger charge is 2.51. The maximum Gasteiger partial charge on any atom is 0.266 e. The summed E-state index contributed by atoms with van der Waals surface area (Å²) < 4.78 is 15.1. The number of hydrogen-bond donors (Lipinski definition) is 1. The van der Waals surface area contributed by atoms with Crippen molar-refractivity contribution in [2.45, 2.75) is 44.8 Å². The summed E-state index contributed by atoms with van der Waals surface area (Å²) in [5, 5.41) is 15.1. The Morgan fingerprint density at radius 3 is 2.78 bits per heavy atom. The molecule has 1 N–H and O–H groups in total. The van der Waals surface area contributed by atoms with Crippen molar-refractivity contribution in [2.24, 2.45) is 0 Å². The minimum Gasteiger partial charge on any atom is -0.373 e. The van der Waals surface area contributed by atoms with Gasteiger partial charge >= 0.3 is 0 Å². The van der Waals surface area contributed by atoms with Crippen LogP contribution in [0, 0.1) is 5.82 Å². The number of aliphatic hydroxyl groups is 1. The lowest BCUT2D eigenvalue weighted by atomic mass is 9.92. The van der Waals surface area contributed by atoms with Crippen molar-refractivity contribution >= 4 is 29.0 Å². The number of benzene rings is 1. The molecular formula is C19H21ClFN3O3. The van der Waals surface area contributed by atoms with Crippen LogP contribution in [0.2, 0.25) is 5.02 Å². The van der Waals surface area contributed by atoms with Crippen LogP contribution in [0.5, 0.6) is 0 Å². The third-order valence-electron chi connectivity index (χ3n) is 4.75. The van der Waals surface area contributed by atoms with Crippen LogP contribution in [0.25, 0.3) is 0 Å². The predicted octanol–water partition coefficient (Wildman–Crippen LogP) is 2.93. The van der Waals surface area contributed by atoms with Crippen molar-refractivity contribution in [3.8, 4) is 0 Å². The molecule has 1 aliphatic heterocycles. The minimum atomic E-state index is -2.06. The average molecular weight is 394 g/mol. The van der Waals surface area contributed by atoms with Gasteiger partial charge in [-0.2, -0.15) is 5.10 Å². The molecule has 0 saturated carbocycles. The van der Waals surface area contributed by atoms with E-state index in [0.29, 0.717) is 11.3 Å². The number of aromatic nitrogens is 2. The highest BCUT2D eigenvalue weighted by atomic mass is 35.5. The monoisotopic (exact) mass is 393 g/mol. The molecule has 1 saturated heterocycles. The number of anilines is 1. The Morgan fingerprint density at radius 1 is 1.41 bits per heavy atom. The van der Waals surface area contributed by atoms with E-state index in [0.717, 1.165) is 0 Å². The van der Waals surface area contributed by atoms with Gasteiger partial charge in [0.1, 0.15) is 5.82 Å². The third kappa shape index (κ3) is 3.89. The molecule has 1 atom stereocenters. The zero-order valence-electron chi connectivity index (χ0n) is 15.2. The first-order valence-corrected chi connectivity index (χ1v) is 9.15. The third-order valence-corrected chi connectivity index (χ3v) is 4.97. The van der Waals surface area contributed by atoms with Gasteiger partial charge in [0.2, 0.25) is 5.60 Å². The van der Waals surface area contributed by atoms with Crippen molar-refractivity contribution < 1.29 is 19.1 Å². The molecule has 2 aromatic rings. The van der Waals surface area contributed by atoms with E-state index in [4.69, 9.17) is 11.6 Å². The largest absolute Gasteiger partial charge is 0.373 e. The smallest absolute Gasteiger partial charge is 0.266 e. The molecule has 0 unspecified atom stereocenters. The summed E-state index contributed by atoms with van der Waals surface area (Å²) in [7, 11) is 0. The van der Waals surface area contributed by atoms with Gasteiger partial charge in [-0.25, -0.2) is 4.39 Å². The predicted molar refractivity (Wildman–Crippen MR) is 99.3 cm³/mol. The molecule has 1 aliphatic rings. The van der Waals surface area contributed by atoms with Gasteiger partial charge in [0, 0.05) is 36.6 Å². The standard InChI is InChI=1S/C19H21ClFN3O3/c1-12(2)24-11-16(10-22-24)23-6-5-19(27,18(23)26)17(25)4-3-13-7-14(20)9-15(21)8-13/h7-12,27H,3-6H2,1-2H3/t19-/m1/s1. The van der Waals surface area contributed by atoms with Crippen LogP contribution in [0.1, 0.15) is 38.3 Å². The summed E-state index contributed by atoms with van der Waals surface area (Å²) in [5.41, 5.74) is -0.969. The zero-order chi connectivity index (χ0) is 19.8. The van der Waals surface area contributed by atoms with Gasteiger partial charge in [-0.3, -0.25) is 14.3 Å². The van der Waals surface area contributed by atoms with E-state index in [1.165, 1.54) is 17.0 Å². The van der Waals surface area contributed by atoms with Crippen LogP contribution in [-0.4, -0.2) is 38.7 Å². The van der Waals surface area contributed by atoms with Gasteiger partial charge in [-0.1, -0.05) is 11.6 Å². The summed E-state index contributed by atoms with van der Waals surface area (Å²) >= 11 is 5.81. The van der Waals surface area contributed by atoms with E-state index in [-0.39, 0.29) is 36.9 Å². The number of amides is 1. The Hall–Kier alpha value is -2.25. The minimum absolute atomic E-state index is 0.0153. The van der Waals surface area contributed by atoms with Crippen LogP contribution in [-0.2, 0) is 16.0 Å². The van der Waals surface area contributed by atoms with Crippen molar-refractivity contribution in [3.63, 3.8) is 0 Å². The fraction of sp³-hybridized carbons (Fsp3) is 0.421. The van der Waals surface area contributed by atoms with E-state index in [9.17, 15) is 19.1 Å². The summed E-state index contributed by atoms with van der Waals surface area (Å²) in [6, 6.07) is 4.16. The second kappa shape index (κ2) is 7.40. The first-order chi connectivity index (χ1) is 12.7. The molecule has 0 radical (unpaired) electrons. The Bertz CT molecular complexity index is 863. The number of ketones is 1. The van der Waals surface area contributed by atoms with Gasteiger partial charge in [-0.15, -0.1) is 0 Å². The van der Waals surface area contributed by atoms with Gasteiger partial charge in [-0.05, 0) is 44.0 Å². The first kappa shape index (κ1) is 19.5. The number of Topliss-reactive ketones (excluding diaryl/α,β-unsaturated/α-hetero) is 1. The van der Waals surface area contributed by atoms with E-state index >= 15 is 0 Å². The number of carbonyl (C=O) groups is 2. The lowest BCUT2D eigenvalue weighted by Crippen LogP contribution is -2.47. The highest BCUT2D eigenvalue weighted by molar-refractivity contribution is 6.30. The van der Waals surface area contributed by atoms with Crippen molar-refractivity contribution in [2.75, 3.05) is 11.4 Å². The van der Waals surface area contributed by atoms with Gasteiger partial charge in [0.15, 0.2) is 5.78 Å². The Balaban J connectivity index is 1.70. The lowest BCUT2D eigenvalue weighted by Gasteiger charge is -2.20. The molecule has 0 spiro atoms. The van der Waals surface area contributed by atoms with Gasteiger partial charge < -0.3 is 10.0 Å². The van der Waals surface area contributed by atoms with Gasteiger partial charge in [0.25, 0.3) is 5.91 Å². The molecular weight excluding hydrogens is 373 g/mol. The highest BCUT2D eigenvalue weighted by Crippen LogP contribution is 2.30. The lowest BCUT2D eigenvalue weighted by molar-refractivity contribution is -0.147. The van der Waals surface area contributed by atoms with E-state index in [1.807, 2.05) is 13.8 Å². The number of nitrogens with zero attached hydrogens (tertiary/aromatic N) is 3. The maximum atomic E-state index is 13.4. The van der Waals surface area contributed by atoms with Crippen LogP contribution < -0.4 is 4.90 Å². The molecule has 1 amide bonds. The molecule has 144 valence electrons. The molecule has 3 rings (SSSR count). The summed E-state index contributed by atoms with van der Waals surface area (Å²) in [4.78, 5) is 26.6. The average Bonchev–Trinajstić information content (AvgIpc) is 3.18. The second-order valence-corrected chi connectivity index (χ2v) is 7.48. The number of aryl methyl sites for hydroxylation is 1. The molecule has 1 aromatic heterocycles.